The molecule has 0 aliphatic heterocycles. The molecular weight excluding hydrogens is 466 g/mol. The zero-order valence-corrected chi connectivity index (χ0v) is 19.6. The first-order valence-electron chi connectivity index (χ1n) is 10.3. The number of hydrogen-bond donors (Lipinski definition) is 0. The molecule has 3 aromatic carbocycles. The van der Waals surface area contributed by atoms with Crippen LogP contribution in [-0.4, -0.2) is 22.8 Å². The summed E-state index contributed by atoms with van der Waals surface area (Å²) in [6, 6.07) is 22.4. The molecule has 0 N–H and O–H groups in total. The van der Waals surface area contributed by atoms with Gasteiger partial charge in [0.25, 0.3) is 0 Å². The van der Waals surface area contributed by atoms with Crippen molar-refractivity contribution in [3.8, 4) is 11.3 Å². The van der Waals surface area contributed by atoms with E-state index in [9.17, 15) is 9.59 Å². The number of hydrogen-bond acceptors (Lipinski definition) is 4. The van der Waals surface area contributed by atoms with Crippen LogP contribution in [0.2, 0.25) is 0 Å². The largest absolute Gasteiger partial charge is 0.451 e. The molecule has 1 atom stereocenters. The molecule has 0 unspecified atom stereocenters. The topological polar surface area (TPSA) is 56.3 Å². The lowest BCUT2D eigenvalue weighted by Gasteiger charge is -2.15. The number of carbonyl (C=O) groups excluding carboxylic acids is 2. The highest BCUT2D eigenvalue weighted by atomic mass is 79.9. The van der Waals surface area contributed by atoms with E-state index >= 15 is 0 Å². The Morgan fingerprint density at radius 2 is 1.62 bits per heavy atom. The van der Waals surface area contributed by atoms with Crippen LogP contribution in [0, 0.1) is 13.8 Å². The van der Waals surface area contributed by atoms with Gasteiger partial charge in [0.15, 0.2) is 6.10 Å². The zero-order chi connectivity index (χ0) is 22.8. The van der Waals surface area contributed by atoms with Crippen molar-refractivity contribution in [1.29, 1.82) is 0 Å². The number of benzene rings is 3. The average Bonchev–Trinajstić information content (AvgIpc) is 2.79. The summed E-state index contributed by atoms with van der Waals surface area (Å²) in [6.45, 7) is 5.51. The molecule has 0 bridgehead atoms. The number of ketones is 1. The predicted octanol–water partition coefficient (Wildman–Crippen LogP) is 6.71. The van der Waals surface area contributed by atoms with E-state index in [1.165, 1.54) is 0 Å². The van der Waals surface area contributed by atoms with E-state index in [4.69, 9.17) is 9.72 Å². The number of esters is 1. The Morgan fingerprint density at radius 1 is 0.938 bits per heavy atom. The second kappa shape index (κ2) is 9.05. The minimum absolute atomic E-state index is 0.239. The highest BCUT2D eigenvalue weighted by Gasteiger charge is 2.23. The molecular formula is C27H22BrNO3. The van der Waals surface area contributed by atoms with Gasteiger partial charge in [0.05, 0.1) is 16.8 Å². The molecule has 0 fully saturated rings. The van der Waals surface area contributed by atoms with Crippen LogP contribution in [0.15, 0.2) is 77.3 Å². The standard InChI is InChI=1S/C27H22BrNO3/c1-16-9-11-20(12-10-16)26(30)18(3)32-27(31)23-15-24(19-7-5-4-6-8-19)29-25-17(2)13-21(28)14-22(23)25/h4-15,18H,1-3H3/t18-/m1/s1. The van der Waals surface area contributed by atoms with Gasteiger partial charge in [-0.2, -0.15) is 0 Å². The maximum absolute atomic E-state index is 13.2. The van der Waals surface area contributed by atoms with Crippen molar-refractivity contribution in [3.63, 3.8) is 0 Å². The maximum atomic E-state index is 13.2. The van der Waals surface area contributed by atoms with Crippen molar-refractivity contribution >= 4 is 38.6 Å². The summed E-state index contributed by atoms with van der Waals surface area (Å²) in [5.41, 5.74) is 5.18. The lowest BCUT2D eigenvalue weighted by Crippen LogP contribution is -2.24. The molecule has 4 nitrogen and oxygen atoms in total. The van der Waals surface area contributed by atoms with E-state index in [0.29, 0.717) is 22.2 Å². The van der Waals surface area contributed by atoms with Gasteiger partial charge in [-0.3, -0.25) is 4.79 Å². The second-order valence-corrected chi connectivity index (χ2v) is 8.73. The van der Waals surface area contributed by atoms with E-state index in [1.807, 2.05) is 68.4 Å². The van der Waals surface area contributed by atoms with Crippen molar-refractivity contribution in [3.05, 3.63) is 99.5 Å². The Labute approximate surface area is 195 Å². The number of aromatic nitrogens is 1. The fraction of sp³-hybridized carbons (Fsp3) is 0.148. The minimum atomic E-state index is -0.915. The van der Waals surface area contributed by atoms with Crippen LogP contribution in [0.25, 0.3) is 22.2 Å². The smallest absolute Gasteiger partial charge is 0.339 e. The van der Waals surface area contributed by atoms with Gasteiger partial charge in [-0.15, -0.1) is 0 Å². The number of rotatable bonds is 5. The van der Waals surface area contributed by atoms with Crippen LogP contribution in [0.5, 0.6) is 0 Å². The van der Waals surface area contributed by atoms with Crippen LogP contribution in [0.3, 0.4) is 0 Å². The fourth-order valence-electron chi connectivity index (χ4n) is 3.61. The molecule has 0 saturated heterocycles. The molecule has 0 aliphatic carbocycles. The Balaban J connectivity index is 1.74. The van der Waals surface area contributed by atoms with Crippen LogP contribution >= 0.6 is 15.9 Å². The molecule has 4 rings (SSSR count). The summed E-state index contributed by atoms with van der Waals surface area (Å²) < 4.78 is 6.47. The van der Waals surface area contributed by atoms with Crippen molar-refractivity contribution in [2.75, 3.05) is 0 Å². The van der Waals surface area contributed by atoms with Crippen LogP contribution in [0.4, 0.5) is 0 Å². The van der Waals surface area contributed by atoms with Gasteiger partial charge in [-0.05, 0) is 44.5 Å². The van der Waals surface area contributed by atoms with Gasteiger partial charge in [-0.25, -0.2) is 9.78 Å². The third-order valence-corrected chi connectivity index (χ3v) is 5.81. The third-order valence-electron chi connectivity index (χ3n) is 5.35. The molecule has 1 heterocycles. The quantitative estimate of drug-likeness (QED) is 0.232. The van der Waals surface area contributed by atoms with Crippen molar-refractivity contribution in [2.24, 2.45) is 0 Å². The highest BCUT2D eigenvalue weighted by Crippen LogP contribution is 2.30. The first kappa shape index (κ1) is 21.9. The SMILES string of the molecule is Cc1ccc(C(=O)[C@@H](C)OC(=O)c2cc(-c3ccccc3)nc3c(C)cc(Br)cc23)cc1. The van der Waals surface area contributed by atoms with Crippen molar-refractivity contribution in [2.45, 2.75) is 26.9 Å². The first-order chi connectivity index (χ1) is 15.3. The van der Waals surface area contributed by atoms with Crippen molar-refractivity contribution in [1.82, 2.24) is 4.98 Å². The Morgan fingerprint density at radius 3 is 2.31 bits per heavy atom. The number of ether oxygens (including phenoxy) is 1. The summed E-state index contributed by atoms with van der Waals surface area (Å²) >= 11 is 3.51. The van der Waals surface area contributed by atoms with Crippen LogP contribution in [0.1, 0.15) is 38.8 Å². The number of Topliss-reactive ketones (excluding diaryl/α,β-unsaturated/α-hetero) is 1. The van der Waals surface area contributed by atoms with Crippen molar-refractivity contribution < 1.29 is 14.3 Å². The fourth-order valence-corrected chi connectivity index (χ4v) is 4.18. The lowest BCUT2D eigenvalue weighted by molar-refractivity contribution is 0.0320. The first-order valence-corrected chi connectivity index (χ1v) is 11.1. The number of aryl methyl sites for hydroxylation is 2. The van der Waals surface area contributed by atoms with Crippen LogP contribution in [-0.2, 0) is 4.74 Å². The molecule has 160 valence electrons. The third kappa shape index (κ3) is 4.48. The molecule has 4 aromatic rings. The monoisotopic (exact) mass is 487 g/mol. The van der Waals surface area contributed by atoms with Gasteiger partial charge in [0.1, 0.15) is 0 Å². The van der Waals surface area contributed by atoms with Gasteiger partial charge >= 0.3 is 5.97 Å². The summed E-state index contributed by atoms with van der Waals surface area (Å²) in [4.78, 5) is 30.8. The summed E-state index contributed by atoms with van der Waals surface area (Å²) in [7, 11) is 0. The Hall–Kier alpha value is -3.31. The molecule has 5 heteroatoms. The van der Waals surface area contributed by atoms with E-state index in [1.54, 1.807) is 25.1 Å². The number of nitrogens with zero attached hydrogens (tertiary/aromatic N) is 1. The Bertz CT molecular complexity index is 1310. The zero-order valence-electron chi connectivity index (χ0n) is 18.1. The van der Waals surface area contributed by atoms with Gasteiger partial charge in [-0.1, -0.05) is 76.1 Å². The highest BCUT2D eigenvalue weighted by molar-refractivity contribution is 9.10. The Kier molecular flexibility index (Phi) is 6.19. The van der Waals surface area contributed by atoms with Gasteiger partial charge < -0.3 is 4.74 Å². The molecule has 0 amide bonds. The summed E-state index contributed by atoms with van der Waals surface area (Å²) in [5, 5.41) is 0.677. The van der Waals surface area contributed by atoms with E-state index in [-0.39, 0.29) is 5.78 Å². The average molecular weight is 488 g/mol. The minimum Gasteiger partial charge on any atom is -0.451 e. The molecule has 0 aliphatic rings. The summed E-state index contributed by atoms with van der Waals surface area (Å²) in [6.07, 6.45) is -0.915. The lowest BCUT2D eigenvalue weighted by atomic mass is 10.0. The number of halogens is 1. The summed E-state index contributed by atoms with van der Waals surface area (Å²) in [5.74, 6) is -0.794. The molecule has 0 spiro atoms. The number of pyridine rings is 1. The van der Waals surface area contributed by atoms with Gasteiger partial charge in [0, 0.05) is 21.0 Å². The number of carbonyl (C=O) groups is 2. The maximum Gasteiger partial charge on any atom is 0.339 e. The molecule has 0 saturated carbocycles. The van der Waals surface area contributed by atoms with E-state index < -0.39 is 12.1 Å². The van der Waals surface area contributed by atoms with Crippen LogP contribution < -0.4 is 0 Å². The van der Waals surface area contributed by atoms with E-state index in [2.05, 4.69) is 15.9 Å². The van der Waals surface area contributed by atoms with Gasteiger partial charge in [0.2, 0.25) is 5.78 Å². The number of fused-ring (bicyclic) bond motifs is 1. The molecule has 0 radical (unpaired) electrons. The molecule has 32 heavy (non-hydrogen) atoms. The second-order valence-electron chi connectivity index (χ2n) is 7.82. The normalized spacial score (nSPS) is 11.9. The van der Waals surface area contributed by atoms with E-state index in [0.717, 1.165) is 26.7 Å². The predicted molar refractivity (Wildman–Crippen MR) is 130 cm³/mol. The molecule has 1 aromatic heterocycles.